The Labute approximate surface area is 90.1 Å². The van der Waals surface area contributed by atoms with E-state index >= 15 is 0 Å². The summed E-state index contributed by atoms with van der Waals surface area (Å²) in [6, 6.07) is 5.03. The van der Waals surface area contributed by atoms with Gasteiger partial charge in [0.25, 0.3) is 0 Å². The lowest BCUT2D eigenvalue weighted by Gasteiger charge is -2.09. The zero-order chi connectivity index (χ0) is 11.5. The van der Waals surface area contributed by atoms with Gasteiger partial charge in [-0.25, -0.2) is 13.6 Å². The van der Waals surface area contributed by atoms with Crippen molar-refractivity contribution in [2.75, 3.05) is 6.61 Å². The summed E-state index contributed by atoms with van der Waals surface area (Å²) in [5.41, 5.74) is 0.919. The van der Waals surface area contributed by atoms with Crippen molar-refractivity contribution in [3.63, 3.8) is 0 Å². The first-order chi connectivity index (χ1) is 6.99. The molecule has 0 aliphatic carbocycles. The molecule has 0 aliphatic rings. The van der Waals surface area contributed by atoms with Gasteiger partial charge in [0.2, 0.25) is 10.0 Å². The normalized spacial score (nSPS) is 11.4. The van der Waals surface area contributed by atoms with Crippen LogP contribution < -0.4 is 9.88 Å². The Morgan fingerprint density at radius 2 is 2.00 bits per heavy atom. The predicted octanol–water partition coefficient (Wildman–Crippen LogP) is 1.30. The molecule has 5 heteroatoms. The maximum atomic E-state index is 11.3. The van der Waals surface area contributed by atoms with Crippen LogP contribution in [0, 0.1) is 0 Å². The van der Waals surface area contributed by atoms with Crippen LogP contribution in [0.4, 0.5) is 0 Å². The number of aryl methyl sites for hydroxylation is 1. The Kier molecular flexibility index (Phi) is 3.71. The molecule has 1 rings (SSSR count). The Morgan fingerprint density at radius 1 is 1.33 bits per heavy atom. The van der Waals surface area contributed by atoms with Gasteiger partial charge in [-0.05, 0) is 31.0 Å². The summed E-state index contributed by atoms with van der Waals surface area (Å²) < 4.78 is 27.8. The second kappa shape index (κ2) is 4.63. The van der Waals surface area contributed by atoms with Crippen LogP contribution >= 0.6 is 0 Å². The molecular formula is C10H15NO3S. The van der Waals surface area contributed by atoms with Crippen molar-refractivity contribution in [2.45, 2.75) is 25.2 Å². The lowest BCUT2D eigenvalue weighted by atomic mass is 10.2. The van der Waals surface area contributed by atoms with Crippen LogP contribution in [-0.4, -0.2) is 15.0 Å². The largest absolute Gasteiger partial charge is 0.492 e. The Balaban J connectivity index is 3.29. The first kappa shape index (κ1) is 12.0. The number of benzene rings is 1. The molecule has 0 saturated carbocycles. The van der Waals surface area contributed by atoms with Crippen molar-refractivity contribution in [3.8, 4) is 5.75 Å². The average Bonchev–Trinajstić information content (AvgIpc) is 2.17. The molecule has 0 aromatic heterocycles. The topological polar surface area (TPSA) is 69.4 Å². The van der Waals surface area contributed by atoms with E-state index in [1.165, 1.54) is 0 Å². The second-order valence-electron chi connectivity index (χ2n) is 3.11. The first-order valence-corrected chi connectivity index (χ1v) is 6.32. The van der Waals surface area contributed by atoms with Crippen LogP contribution in [0.15, 0.2) is 23.1 Å². The molecule has 0 saturated heterocycles. The molecule has 0 bridgehead atoms. The van der Waals surface area contributed by atoms with Gasteiger partial charge in [-0.1, -0.05) is 13.0 Å². The Morgan fingerprint density at radius 3 is 2.47 bits per heavy atom. The molecule has 0 heterocycles. The van der Waals surface area contributed by atoms with E-state index in [1.54, 1.807) is 19.1 Å². The Bertz CT molecular complexity index is 440. The molecular weight excluding hydrogens is 214 g/mol. The van der Waals surface area contributed by atoms with Crippen molar-refractivity contribution < 1.29 is 13.2 Å². The van der Waals surface area contributed by atoms with Gasteiger partial charge in [0.05, 0.1) is 6.61 Å². The van der Waals surface area contributed by atoms with Gasteiger partial charge >= 0.3 is 0 Å². The molecule has 4 nitrogen and oxygen atoms in total. The third-order valence-electron chi connectivity index (χ3n) is 2.02. The molecule has 0 atom stereocenters. The van der Waals surface area contributed by atoms with Crippen LogP contribution in [0.2, 0.25) is 0 Å². The van der Waals surface area contributed by atoms with Crippen molar-refractivity contribution >= 4 is 10.0 Å². The maximum absolute atomic E-state index is 11.3. The molecule has 15 heavy (non-hydrogen) atoms. The summed E-state index contributed by atoms with van der Waals surface area (Å²) in [5.74, 6) is 0.317. The van der Waals surface area contributed by atoms with E-state index in [1.807, 2.05) is 13.0 Å². The fourth-order valence-corrected chi connectivity index (χ4v) is 1.99. The van der Waals surface area contributed by atoms with E-state index in [9.17, 15) is 8.42 Å². The molecule has 1 aromatic rings. The fraction of sp³-hybridized carbons (Fsp3) is 0.400. The number of nitrogens with two attached hydrogens (primary N) is 1. The van der Waals surface area contributed by atoms with E-state index in [2.05, 4.69) is 0 Å². The van der Waals surface area contributed by atoms with E-state index in [4.69, 9.17) is 9.88 Å². The highest BCUT2D eigenvalue weighted by Crippen LogP contribution is 2.24. The molecule has 2 N–H and O–H groups in total. The average molecular weight is 229 g/mol. The molecule has 1 aromatic carbocycles. The van der Waals surface area contributed by atoms with Gasteiger partial charge < -0.3 is 4.74 Å². The summed E-state index contributed by atoms with van der Waals surface area (Å²) in [5, 5.41) is 5.10. The van der Waals surface area contributed by atoms with E-state index in [0.29, 0.717) is 12.4 Å². The van der Waals surface area contributed by atoms with Crippen molar-refractivity contribution in [1.29, 1.82) is 0 Å². The number of sulfonamides is 1. The van der Waals surface area contributed by atoms with Gasteiger partial charge in [-0.2, -0.15) is 0 Å². The quantitative estimate of drug-likeness (QED) is 0.846. The van der Waals surface area contributed by atoms with Crippen LogP contribution in [0.1, 0.15) is 19.4 Å². The molecule has 0 radical (unpaired) electrons. The second-order valence-corrected chi connectivity index (χ2v) is 4.64. The smallest absolute Gasteiger partial charge is 0.241 e. The van der Waals surface area contributed by atoms with Crippen molar-refractivity contribution in [3.05, 3.63) is 23.8 Å². The van der Waals surface area contributed by atoms with Crippen molar-refractivity contribution in [1.82, 2.24) is 0 Å². The minimum Gasteiger partial charge on any atom is -0.492 e. The third kappa shape index (κ3) is 2.94. The fourth-order valence-electron chi connectivity index (χ4n) is 1.27. The minimum atomic E-state index is -3.71. The lowest BCUT2D eigenvalue weighted by Crippen LogP contribution is -2.14. The van der Waals surface area contributed by atoms with Gasteiger partial charge in [0.1, 0.15) is 10.6 Å². The highest BCUT2D eigenvalue weighted by molar-refractivity contribution is 7.89. The zero-order valence-corrected chi connectivity index (χ0v) is 9.67. The first-order valence-electron chi connectivity index (χ1n) is 4.77. The standard InChI is InChI=1S/C10H15NO3S/c1-3-8-5-6-9(14-4-2)10(7-8)15(11,12)13/h5-7H,3-4H2,1-2H3,(H2,11,12,13). The molecule has 0 amide bonds. The lowest BCUT2D eigenvalue weighted by molar-refractivity contribution is 0.331. The number of ether oxygens (including phenoxy) is 1. The maximum Gasteiger partial charge on any atom is 0.241 e. The molecule has 84 valence electrons. The van der Waals surface area contributed by atoms with Gasteiger partial charge in [0.15, 0.2) is 0 Å². The number of hydrogen-bond acceptors (Lipinski definition) is 3. The SMILES string of the molecule is CCOc1ccc(CC)cc1S(N)(=O)=O. The summed E-state index contributed by atoms with van der Waals surface area (Å²) in [4.78, 5) is 0.0590. The predicted molar refractivity (Wildman–Crippen MR) is 58.4 cm³/mol. The monoisotopic (exact) mass is 229 g/mol. The third-order valence-corrected chi connectivity index (χ3v) is 2.95. The summed E-state index contributed by atoms with van der Waals surface area (Å²) in [7, 11) is -3.71. The Hall–Kier alpha value is -1.07. The van der Waals surface area contributed by atoms with Crippen molar-refractivity contribution in [2.24, 2.45) is 5.14 Å². The molecule has 0 aliphatic heterocycles. The van der Waals surface area contributed by atoms with Crippen LogP contribution in [0.3, 0.4) is 0 Å². The molecule has 0 unspecified atom stereocenters. The van der Waals surface area contributed by atoms with Gasteiger partial charge in [-0.3, -0.25) is 0 Å². The van der Waals surface area contributed by atoms with E-state index < -0.39 is 10.0 Å². The van der Waals surface area contributed by atoms with Gasteiger partial charge in [0, 0.05) is 0 Å². The molecule has 0 fully saturated rings. The van der Waals surface area contributed by atoms with Gasteiger partial charge in [-0.15, -0.1) is 0 Å². The number of rotatable bonds is 4. The van der Waals surface area contributed by atoms with Crippen LogP contribution in [0.5, 0.6) is 5.75 Å². The highest BCUT2D eigenvalue weighted by atomic mass is 32.2. The zero-order valence-electron chi connectivity index (χ0n) is 8.86. The molecule has 0 spiro atoms. The number of primary sulfonamides is 1. The summed E-state index contributed by atoms with van der Waals surface area (Å²) >= 11 is 0. The highest BCUT2D eigenvalue weighted by Gasteiger charge is 2.15. The van der Waals surface area contributed by atoms with Crippen LogP contribution in [-0.2, 0) is 16.4 Å². The van der Waals surface area contributed by atoms with Crippen LogP contribution in [0.25, 0.3) is 0 Å². The van der Waals surface area contributed by atoms with E-state index in [-0.39, 0.29) is 4.90 Å². The summed E-state index contributed by atoms with van der Waals surface area (Å²) in [6.45, 7) is 4.15. The number of hydrogen-bond donors (Lipinski definition) is 1. The minimum absolute atomic E-state index is 0.0590. The van der Waals surface area contributed by atoms with E-state index in [0.717, 1.165) is 12.0 Å². The summed E-state index contributed by atoms with van der Waals surface area (Å²) in [6.07, 6.45) is 0.759.